The van der Waals surface area contributed by atoms with Crippen LogP contribution in [0.2, 0.25) is 0 Å². The second-order valence-corrected chi connectivity index (χ2v) is 5.51. The minimum atomic E-state index is -0.611. The summed E-state index contributed by atoms with van der Waals surface area (Å²) in [7, 11) is 0. The summed E-state index contributed by atoms with van der Waals surface area (Å²) < 4.78 is 5.80. The highest BCUT2D eigenvalue weighted by Crippen LogP contribution is 2.39. The average molecular weight is 368 g/mol. The quantitative estimate of drug-likeness (QED) is 0.632. The van der Waals surface area contributed by atoms with Gasteiger partial charge in [-0.1, -0.05) is 15.9 Å². The van der Waals surface area contributed by atoms with Gasteiger partial charge in [0.2, 0.25) is 0 Å². The summed E-state index contributed by atoms with van der Waals surface area (Å²) in [6.07, 6.45) is 1.59. The molecule has 0 amide bonds. The first-order valence-electron chi connectivity index (χ1n) is 6.01. The first-order valence-corrected chi connectivity index (χ1v) is 6.80. The van der Waals surface area contributed by atoms with Gasteiger partial charge in [-0.25, -0.2) is 0 Å². The SMILES string of the molecule is Cl.N[C@@H](c1cc(Br)cc([N+](=O)[O-])c1O)C1CCOCC1. The zero-order valence-corrected chi connectivity index (χ0v) is 13.0. The van der Waals surface area contributed by atoms with Crippen LogP contribution in [-0.2, 0) is 4.74 Å². The van der Waals surface area contributed by atoms with Crippen LogP contribution >= 0.6 is 28.3 Å². The Morgan fingerprint density at radius 2 is 2.05 bits per heavy atom. The lowest BCUT2D eigenvalue weighted by Crippen LogP contribution is -2.27. The molecule has 8 heteroatoms. The maximum absolute atomic E-state index is 10.9. The van der Waals surface area contributed by atoms with Crippen LogP contribution in [0.4, 0.5) is 5.69 Å². The maximum atomic E-state index is 10.9. The Kier molecular flexibility index (Phi) is 6.19. The van der Waals surface area contributed by atoms with Crippen LogP contribution in [0.15, 0.2) is 16.6 Å². The molecule has 0 aliphatic carbocycles. The summed E-state index contributed by atoms with van der Waals surface area (Å²) in [6, 6.07) is 2.48. The molecule has 0 saturated carbocycles. The summed E-state index contributed by atoms with van der Waals surface area (Å²) in [5.74, 6) is -0.180. The topological polar surface area (TPSA) is 98.6 Å². The highest BCUT2D eigenvalue weighted by atomic mass is 79.9. The molecular weight excluding hydrogens is 351 g/mol. The highest BCUT2D eigenvalue weighted by molar-refractivity contribution is 9.10. The van der Waals surface area contributed by atoms with Crippen molar-refractivity contribution in [2.24, 2.45) is 11.7 Å². The molecule has 0 unspecified atom stereocenters. The van der Waals surface area contributed by atoms with E-state index in [2.05, 4.69) is 15.9 Å². The zero-order chi connectivity index (χ0) is 14.0. The number of nitro benzene ring substituents is 1. The molecule has 6 nitrogen and oxygen atoms in total. The van der Waals surface area contributed by atoms with Crippen molar-refractivity contribution in [1.82, 2.24) is 0 Å². The molecule has 0 radical (unpaired) electrons. The van der Waals surface area contributed by atoms with Crippen LogP contribution in [0.25, 0.3) is 0 Å². The van der Waals surface area contributed by atoms with E-state index in [1.165, 1.54) is 6.07 Å². The van der Waals surface area contributed by atoms with Gasteiger partial charge in [-0.2, -0.15) is 0 Å². The lowest BCUT2D eigenvalue weighted by Gasteiger charge is -2.28. The number of ether oxygens (including phenoxy) is 1. The van der Waals surface area contributed by atoms with E-state index in [1.54, 1.807) is 6.07 Å². The number of halogens is 2. The Balaban J connectivity index is 0.00000200. The van der Waals surface area contributed by atoms with Crippen molar-refractivity contribution in [3.05, 3.63) is 32.3 Å². The van der Waals surface area contributed by atoms with Gasteiger partial charge in [-0.3, -0.25) is 10.1 Å². The Bertz CT molecular complexity index is 495. The molecule has 1 heterocycles. The van der Waals surface area contributed by atoms with Gasteiger partial charge >= 0.3 is 5.69 Å². The molecule has 1 atom stereocenters. The molecule has 20 heavy (non-hydrogen) atoms. The molecule has 1 fully saturated rings. The van der Waals surface area contributed by atoms with Crippen molar-refractivity contribution < 1.29 is 14.8 Å². The largest absolute Gasteiger partial charge is 0.502 e. The fraction of sp³-hybridized carbons (Fsp3) is 0.500. The maximum Gasteiger partial charge on any atom is 0.312 e. The molecule has 0 aromatic heterocycles. The average Bonchev–Trinajstić information content (AvgIpc) is 2.41. The Hall–Kier alpha value is -0.890. The van der Waals surface area contributed by atoms with Crippen molar-refractivity contribution in [3.63, 3.8) is 0 Å². The van der Waals surface area contributed by atoms with Crippen molar-refractivity contribution in [2.75, 3.05) is 13.2 Å². The van der Waals surface area contributed by atoms with Crippen molar-refractivity contribution >= 4 is 34.0 Å². The molecule has 2 rings (SSSR count). The number of nitrogens with two attached hydrogens (primary N) is 1. The van der Waals surface area contributed by atoms with Crippen LogP contribution in [0.5, 0.6) is 5.75 Å². The van der Waals surface area contributed by atoms with Crippen molar-refractivity contribution in [2.45, 2.75) is 18.9 Å². The number of aromatic hydroxyl groups is 1. The highest BCUT2D eigenvalue weighted by Gasteiger charge is 2.28. The lowest BCUT2D eigenvalue weighted by atomic mass is 9.87. The summed E-state index contributed by atoms with van der Waals surface area (Å²) in [5, 5.41) is 20.9. The summed E-state index contributed by atoms with van der Waals surface area (Å²) in [4.78, 5) is 10.3. The normalized spacial score (nSPS) is 17.3. The molecule has 1 aromatic rings. The van der Waals surface area contributed by atoms with Gasteiger partial charge < -0.3 is 15.6 Å². The van der Waals surface area contributed by atoms with Gasteiger partial charge in [0.25, 0.3) is 0 Å². The van der Waals surface area contributed by atoms with Crippen LogP contribution in [-0.4, -0.2) is 23.2 Å². The third-order valence-corrected chi connectivity index (χ3v) is 3.87. The fourth-order valence-corrected chi connectivity index (χ4v) is 2.79. The number of benzene rings is 1. The Morgan fingerprint density at radius 3 is 2.60 bits per heavy atom. The van der Waals surface area contributed by atoms with Gasteiger partial charge in [0, 0.05) is 35.4 Å². The van der Waals surface area contributed by atoms with E-state index in [0.29, 0.717) is 23.2 Å². The van der Waals surface area contributed by atoms with Crippen LogP contribution < -0.4 is 5.73 Å². The zero-order valence-electron chi connectivity index (χ0n) is 10.6. The van der Waals surface area contributed by atoms with Gasteiger partial charge in [0.1, 0.15) is 0 Å². The van der Waals surface area contributed by atoms with Gasteiger partial charge in [-0.15, -0.1) is 12.4 Å². The van der Waals surface area contributed by atoms with Crippen molar-refractivity contribution in [1.29, 1.82) is 0 Å². The fourth-order valence-electron chi connectivity index (χ4n) is 2.33. The number of hydrogen-bond acceptors (Lipinski definition) is 5. The van der Waals surface area contributed by atoms with E-state index < -0.39 is 11.0 Å². The minimum Gasteiger partial charge on any atom is -0.502 e. The monoisotopic (exact) mass is 366 g/mol. The van der Waals surface area contributed by atoms with Crippen LogP contribution in [0.3, 0.4) is 0 Å². The molecule has 112 valence electrons. The number of rotatable bonds is 3. The molecule has 0 spiro atoms. The van der Waals surface area contributed by atoms with Gasteiger partial charge in [0.15, 0.2) is 5.75 Å². The molecule has 0 bridgehead atoms. The predicted molar refractivity (Wildman–Crippen MR) is 80.2 cm³/mol. The van der Waals surface area contributed by atoms with E-state index in [-0.39, 0.29) is 29.8 Å². The Morgan fingerprint density at radius 1 is 1.45 bits per heavy atom. The van der Waals surface area contributed by atoms with E-state index >= 15 is 0 Å². The predicted octanol–water partition coefficient (Wildman–Crippen LogP) is 2.91. The second kappa shape index (κ2) is 7.21. The molecular formula is C12H16BrClN2O4. The number of hydrogen-bond donors (Lipinski definition) is 2. The van der Waals surface area contributed by atoms with E-state index in [9.17, 15) is 15.2 Å². The number of phenolic OH excluding ortho intramolecular Hbond substituents is 1. The van der Waals surface area contributed by atoms with Gasteiger partial charge in [0.05, 0.1) is 4.92 Å². The Labute approximate surface area is 131 Å². The van der Waals surface area contributed by atoms with E-state index in [0.717, 1.165) is 12.8 Å². The molecule has 1 aliphatic heterocycles. The third-order valence-electron chi connectivity index (χ3n) is 3.41. The molecule has 1 saturated heterocycles. The van der Waals surface area contributed by atoms with E-state index in [1.807, 2.05) is 0 Å². The van der Waals surface area contributed by atoms with Gasteiger partial charge in [-0.05, 0) is 24.8 Å². The lowest BCUT2D eigenvalue weighted by molar-refractivity contribution is -0.386. The summed E-state index contributed by atoms with van der Waals surface area (Å²) >= 11 is 3.21. The smallest absolute Gasteiger partial charge is 0.312 e. The van der Waals surface area contributed by atoms with E-state index in [4.69, 9.17) is 10.5 Å². The number of nitro groups is 1. The molecule has 3 N–H and O–H groups in total. The molecule has 1 aromatic carbocycles. The first-order chi connectivity index (χ1) is 9.00. The van der Waals surface area contributed by atoms with Crippen molar-refractivity contribution in [3.8, 4) is 5.75 Å². The standard InChI is InChI=1S/C12H15BrN2O4.ClH/c13-8-5-9(12(16)10(6-8)15(17)18)11(14)7-1-3-19-4-2-7;/h5-7,11,16H,1-4,14H2;1H/t11-;/m1./s1. The summed E-state index contributed by atoms with van der Waals surface area (Å²) in [6.45, 7) is 1.27. The third kappa shape index (κ3) is 3.60. The second-order valence-electron chi connectivity index (χ2n) is 4.60. The number of phenols is 1. The summed E-state index contributed by atoms with van der Waals surface area (Å²) in [5.41, 5.74) is 6.23. The molecule has 1 aliphatic rings. The minimum absolute atomic E-state index is 0. The van der Waals surface area contributed by atoms with Crippen LogP contribution in [0.1, 0.15) is 24.4 Å². The van der Waals surface area contributed by atoms with Crippen LogP contribution in [0, 0.1) is 16.0 Å². The first kappa shape index (κ1) is 17.2. The number of nitrogens with zero attached hydrogens (tertiary/aromatic N) is 1.